The van der Waals surface area contributed by atoms with Crippen molar-refractivity contribution in [1.82, 2.24) is 14.5 Å². The van der Waals surface area contributed by atoms with E-state index in [-0.39, 0.29) is 17.0 Å². The van der Waals surface area contributed by atoms with Crippen molar-refractivity contribution in [1.29, 1.82) is 0 Å². The molecule has 9 heteroatoms. The molecule has 1 amide bonds. The highest BCUT2D eigenvalue weighted by Gasteiger charge is 2.15. The fourth-order valence-corrected chi connectivity index (χ4v) is 2.69. The van der Waals surface area contributed by atoms with Crippen LogP contribution in [0.1, 0.15) is 15.9 Å². The van der Waals surface area contributed by atoms with Crippen molar-refractivity contribution in [2.24, 2.45) is 12.8 Å². The zero-order valence-electron chi connectivity index (χ0n) is 11.3. The summed E-state index contributed by atoms with van der Waals surface area (Å²) in [5.41, 5.74) is 11.7. The van der Waals surface area contributed by atoms with Crippen LogP contribution in [-0.2, 0) is 23.6 Å². The van der Waals surface area contributed by atoms with Gasteiger partial charge in [0.2, 0.25) is 15.9 Å². The third-order valence-corrected chi connectivity index (χ3v) is 4.38. The van der Waals surface area contributed by atoms with Crippen LogP contribution in [-0.4, -0.2) is 24.1 Å². The molecule has 0 atom stereocenters. The minimum Gasteiger partial charge on any atom is -0.384 e. The Morgan fingerprint density at radius 2 is 1.95 bits per heavy atom. The van der Waals surface area contributed by atoms with Crippen LogP contribution >= 0.6 is 0 Å². The molecule has 0 radical (unpaired) electrons. The predicted octanol–water partition coefficient (Wildman–Crippen LogP) is -0.420. The number of benzene rings is 1. The summed E-state index contributed by atoms with van der Waals surface area (Å²) in [6, 6.07) is 5.34. The van der Waals surface area contributed by atoms with Crippen molar-refractivity contribution in [3.8, 4) is 0 Å². The van der Waals surface area contributed by atoms with Crippen LogP contribution in [0, 0.1) is 0 Å². The van der Waals surface area contributed by atoms with Crippen molar-refractivity contribution >= 4 is 21.7 Å². The fraction of sp³-hybridized carbons (Fsp3) is 0.167. The molecule has 0 fully saturated rings. The van der Waals surface area contributed by atoms with Gasteiger partial charge in [-0.15, -0.1) is 0 Å². The molecule has 0 saturated carbocycles. The van der Waals surface area contributed by atoms with Crippen molar-refractivity contribution in [3.63, 3.8) is 0 Å². The zero-order chi connectivity index (χ0) is 15.6. The van der Waals surface area contributed by atoms with Crippen LogP contribution in [0.25, 0.3) is 0 Å². The molecule has 0 saturated heterocycles. The topological polar surface area (TPSA) is 133 Å². The van der Waals surface area contributed by atoms with Crippen LogP contribution in [0.4, 0.5) is 5.82 Å². The summed E-state index contributed by atoms with van der Waals surface area (Å²) < 4.78 is 28.1. The van der Waals surface area contributed by atoms with Gasteiger partial charge in [0.1, 0.15) is 5.82 Å². The standard InChI is InChI=1S/C12H15N5O3S/c1-17-11(13)9(6-15-17)7-16-21(19,20)10-4-2-8(3-5-10)12(14)18/h2-6,16H,7,13H2,1H3,(H2,14,18). The molecule has 2 rings (SSSR count). The maximum absolute atomic E-state index is 12.1. The molecule has 1 heterocycles. The average molecular weight is 309 g/mol. The Bertz CT molecular complexity index is 765. The Labute approximate surface area is 121 Å². The van der Waals surface area contributed by atoms with Crippen LogP contribution in [0.2, 0.25) is 0 Å². The lowest BCUT2D eigenvalue weighted by Crippen LogP contribution is -2.23. The van der Waals surface area contributed by atoms with E-state index < -0.39 is 15.9 Å². The monoisotopic (exact) mass is 309 g/mol. The number of aromatic nitrogens is 2. The highest BCUT2D eigenvalue weighted by molar-refractivity contribution is 7.89. The maximum atomic E-state index is 12.1. The lowest BCUT2D eigenvalue weighted by molar-refractivity contribution is 0.1000. The highest BCUT2D eigenvalue weighted by Crippen LogP contribution is 2.13. The molecule has 0 aliphatic rings. The van der Waals surface area contributed by atoms with Crippen molar-refractivity contribution in [3.05, 3.63) is 41.6 Å². The Balaban J connectivity index is 2.15. The molecular weight excluding hydrogens is 294 g/mol. The average Bonchev–Trinajstić information content (AvgIpc) is 2.77. The van der Waals surface area contributed by atoms with E-state index in [1.165, 1.54) is 35.1 Å². The van der Waals surface area contributed by atoms with Crippen LogP contribution in [0.3, 0.4) is 0 Å². The van der Waals surface area contributed by atoms with Gasteiger partial charge in [-0.3, -0.25) is 9.48 Å². The fourth-order valence-electron chi connectivity index (χ4n) is 1.68. The molecule has 2 aromatic rings. The number of primary amides is 1. The molecule has 5 N–H and O–H groups in total. The highest BCUT2D eigenvalue weighted by atomic mass is 32.2. The number of amides is 1. The number of hydrogen-bond acceptors (Lipinski definition) is 5. The normalized spacial score (nSPS) is 11.5. The molecular formula is C12H15N5O3S. The summed E-state index contributed by atoms with van der Waals surface area (Å²) in [7, 11) is -2.04. The number of nitrogens with two attached hydrogens (primary N) is 2. The lowest BCUT2D eigenvalue weighted by Gasteiger charge is -2.07. The Hall–Kier alpha value is -2.39. The number of hydrogen-bond donors (Lipinski definition) is 3. The van der Waals surface area contributed by atoms with Gasteiger partial charge in [0.05, 0.1) is 11.1 Å². The first kappa shape index (κ1) is 15.0. The number of rotatable bonds is 5. The third kappa shape index (κ3) is 3.20. The number of sulfonamides is 1. The summed E-state index contributed by atoms with van der Waals surface area (Å²) in [5.74, 6) is -0.225. The van der Waals surface area contributed by atoms with Gasteiger partial charge in [0, 0.05) is 24.7 Å². The van der Waals surface area contributed by atoms with Gasteiger partial charge in [-0.25, -0.2) is 13.1 Å². The van der Waals surface area contributed by atoms with E-state index >= 15 is 0 Å². The summed E-state index contributed by atoms with van der Waals surface area (Å²) in [5, 5.41) is 3.93. The van der Waals surface area contributed by atoms with E-state index in [4.69, 9.17) is 11.5 Å². The first-order chi connectivity index (χ1) is 9.81. The Morgan fingerprint density at radius 3 is 2.43 bits per heavy atom. The van der Waals surface area contributed by atoms with E-state index in [0.717, 1.165) is 0 Å². The first-order valence-electron chi connectivity index (χ1n) is 5.97. The smallest absolute Gasteiger partial charge is 0.248 e. The number of nitrogen functional groups attached to an aromatic ring is 1. The number of nitrogens with one attached hydrogen (secondary N) is 1. The second-order valence-corrected chi connectivity index (χ2v) is 6.16. The molecule has 1 aromatic carbocycles. The van der Waals surface area contributed by atoms with Crippen LogP contribution < -0.4 is 16.2 Å². The molecule has 0 aliphatic carbocycles. The van der Waals surface area contributed by atoms with Gasteiger partial charge in [-0.05, 0) is 24.3 Å². The third-order valence-electron chi connectivity index (χ3n) is 2.97. The minimum absolute atomic E-state index is 0.0274. The first-order valence-corrected chi connectivity index (χ1v) is 7.45. The molecule has 21 heavy (non-hydrogen) atoms. The van der Waals surface area contributed by atoms with Gasteiger partial charge >= 0.3 is 0 Å². The minimum atomic E-state index is -3.70. The number of anilines is 1. The van der Waals surface area contributed by atoms with E-state index in [2.05, 4.69) is 9.82 Å². The second-order valence-electron chi connectivity index (χ2n) is 4.39. The zero-order valence-corrected chi connectivity index (χ0v) is 12.1. The van der Waals surface area contributed by atoms with E-state index in [0.29, 0.717) is 11.4 Å². The number of carbonyl (C=O) groups is 1. The van der Waals surface area contributed by atoms with Crippen molar-refractivity contribution in [2.75, 3.05) is 5.73 Å². The Kier molecular flexibility index (Phi) is 3.96. The van der Waals surface area contributed by atoms with E-state index in [1.54, 1.807) is 7.05 Å². The molecule has 0 unspecified atom stereocenters. The molecule has 1 aromatic heterocycles. The molecule has 0 spiro atoms. The van der Waals surface area contributed by atoms with Gasteiger partial charge in [-0.1, -0.05) is 0 Å². The Morgan fingerprint density at radius 1 is 1.33 bits per heavy atom. The number of aryl methyl sites for hydroxylation is 1. The van der Waals surface area contributed by atoms with Gasteiger partial charge < -0.3 is 11.5 Å². The quantitative estimate of drug-likeness (QED) is 0.690. The largest absolute Gasteiger partial charge is 0.384 e. The van der Waals surface area contributed by atoms with E-state index in [9.17, 15) is 13.2 Å². The number of nitrogens with zero attached hydrogens (tertiary/aromatic N) is 2. The summed E-state index contributed by atoms with van der Waals surface area (Å²) in [6.07, 6.45) is 1.49. The second kappa shape index (κ2) is 5.54. The van der Waals surface area contributed by atoms with Gasteiger partial charge in [0.25, 0.3) is 0 Å². The SMILES string of the molecule is Cn1ncc(CNS(=O)(=O)c2ccc(C(N)=O)cc2)c1N. The van der Waals surface area contributed by atoms with Crippen LogP contribution in [0.5, 0.6) is 0 Å². The lowest BCUT2D eigenvalue weighted by atomic mass is 10.2. The van der Waals surface area contributed by atoms with Crippen molar-refractivity contribution in [2.45, 2.75) is 11.4 Å². The van der Waals surface area contributed by atoms with Gasteiger partial charge in [0.15, 0.2) is 0 Å². The van der Waals surface area contributed by atoms with Gasteiger partial charge in [-0.2, -0.15) is 5.10 Å². The summed E-state index contributed by atoms with van der Waals surface area (Å²) in [6.45, 7) is 0.0274. The molecule has 0 aliphatic heterocycles. The molecule has 0 bridgehead atoms. The molecule has 8 nitrogen and oxygen atoms in total. The van der Waals surface area contributed by atoms with E-state index in [1.807, 2.05) is 0 Å². The maximum Gasteiger partial charge on any atom is 0.248 e. The predicted molar refractivity (Wildman–Crippen MR) is 76.6 cm³/mol. The molecule has 112 valence electrons. The summed E-state index contributed by atoms with van der Waals surface area (Å²) in [4.78, 5) is 11.0. The van der Waals surface area contributed by atoms with Crippen LogP contribution in [0.15, 0.2) is 35.4 Å². The number of carbonyl (C=O) groups excluding carboxylic acids is 1. The van der Waals surface area contributed by atoms with Crippen molar-refractivity contribution < 1.29 is 13.2 Å². The summed E-state index contributed by atoms with van der Waals surface area (Å²) >= 11 is 0.